The molecule has 4 rings (SSSR count). The molecule has 0 heterocycles. The Balaban J connectivity index is 1.70. The van der Waals surface area contributed by atoms with E-state index in [-0.39, 0.29) is 18.5 Å². The molecule has 3 aromatic rings. The van der Waals surface area contributed by atoms with Crippen LogP contribution < -0.4 is 9.62 Å². The van der Waals surface area contributed by atoms with Gasteiger partial charge < -0.3 is 10.2 Å². The smallest absolute Gasteiger partial charge is 0.244 e. The summed E-state index contributed by atoms with van der Waals surface area (Å²) in [5.41, 5.74) is 2.14. The van der Waals surface area contributed by atoms with Crippen LogP contribution in [-0.4, -0.2) is 50.0 Å². The Morgan fingerprint density at radius 2 is 1.54 bits per heavy atom. The third kappa shape index (κ3) is 8.16. The first-order valence-electron chi connectivity index (χ1n) is 13.1. The van der Waals surface area contributed by atoms with Gasteiger partial charge in [-0.15, -0.1) is 0 Å². The topological polar surface area (TPSA) is 86.8 Å². The lowest BCUT2D eigenvalue weighted by atomic mass is 10.0. The number of halogens is 1. The minimum Gasteiger partial charge on any atom is -0.352 e. The van der Waals surface area contributed by atoms with E-state index in [4.69, 9.17) is 0 Å². The summed E-state index contributed by atoms with van der Waals surface area (Å²) < 4.78 is 27.5. The zero-order chi connectivity index (χ0) is 27.8. The Morgan fingerprint density at radius 1 is 0.923 bits per heavy atom. The van der Waals surface area contributed by atoms with E-state index >= 15 is 0 Å². The van der Waals surface area contributed by atoms with Gasteiger partial charge in [-0.05, 0) is 42.2 Å². The van der Waals surface area contributed by atoms with Crippen molar-refractivity contribution in [1.82, 2.24) is 10.2 Å². The fourth-order valence-corrected chi connectivity index (χ4v) is 6.18. The van der Waals surface area contributed by atoms with Crippen LogP contribution in [0.4, 0.5) is 5.69 Å². The van der Waals surface area contributed by atoms with Crippen molar-refractivity contribution in [1.29, 1.82) is 0 Å². The fraction of sp³-hybridized carbons (Fsp3) is 0.333. The molecule has 1 saturated carbocycles. The fourth-order valence-electron chi connectivity index (χ4n) is 4.95. The van der Waals surface area contributed by atoms with Crippen LogP contribution in [0.5, 0.6) is 0 Å². The van der Waals surface area contributed by atoms with Gasteiger partial charge >= 0.3 is 0 Å². The number of rotatable bonds is 11. The normalized spacial score (nSPS) is 14.5. The summed E-state index contributed by atoms with van der Waals surface area (Å²) in [6.07, 6.45) is 5.36. The lowest BCUT2D eigenvalue weighted by Gasteiger charge is -2.34. The molecule has 1 fully saturated rings. The quantitative estimate of drug-likeness (QED) is 0.334. The van der Waals surface area contributed by atoms with E-state index in [1.165, 1.54) is 4.90 Å². The average Bonchev–Trinajstić information content (AvgIpc) is 3.42. The first-order chi connectivity index (χ1) is 18.7. The summed E-state index contributed by atoms with van der Waals surface area (Å²) in [6.45, 7) is -0.254. The van der Waals surface area contributed by atoms with Gasteiger partial charge in [0.2, 0.25) is 21.8 Å². The van der Waals surface area contributed by atoms with Gasteiger partial charge in [0.15, 0.2) is 0 Å². The van der Waals surface area contributed by atoms with Crippen molar-refractivity contribution in [3.63, 3.8) is 0 Å². The van der Waals surface area contributed by atoms with Crippen molar-refractivity contribution in [2.75, 3.05) is 17.1 Å². The number of nitrogens with one attached hydrogen (secondary N) is 1. The number of anilines is 1. The Hall–Kier alpha value is -3.17. The summed E-state index contributed by atoms with van der Waals surface area (Å²) in [5, 5.41) is 3.17. The molecular weight excluding hydrogens is 578 g/mol. The molecule has 7 nitrogen and oxygen atoms in total. The summed E-state index contributed by atoms with van der Waals surface area (Å²) in [7, 11) is -3.80. The van der Waals surface area contributed by atoms with Crippen molar-refractivity contribution >= 4 is 43.5 Å². The monoisotopic (exact) mass is 611 g/mol. The number of amides is 2. The van der Waals surface area contributed by atoms with Crippen molar-refractivity contribution < 1.29 is 18.0 Å². The average molecular weight is 613 g/mol. The SMILES string of the molecule is CS(=O)(=O)N(CC(=O)N(Cc1ccccc1)[C@@H](Cc1ccccc1)C(=O)NC1CCCC1)c1cccc(Br)c1. The molecule has 206 valence electrons. The molecule has 0 radical (unpaired) electrons. The third-order valence-corrected chi connectivity index (χ3v) is 8.58. The molecule has 1 atom stereocenters. The van der Waals surface area contributed by atoms with E-state index in [1.54, 1.807) is 24.3 Å². The van der Waals surface area contributed by atoms with Gasteiger partial charge in [0.1, 0.15) is 12.6 Å². The van der Waals surface area contributed by atoms with Gasteiger partial charge in [-0.25, -0.2) is 8.42 Å². The molecule has 0 aliphatic heterocycles. The zero-order valence-electron chi connectivity index (χ0n) is 22.0. The molecule has 1 aliphatic carbocycles. The Labute approximate surface area is 239 Å². The summed E-state index contributed by atoms with van der Waals surface area (Å²) in [5.74, 6) is -0.671. The first-order valence-corrected chi connectivity index (χ1v) is 15.8. The molecular formula is C30H34BrN3O4S. The number of hydrogen-bond donors (Lipinski definition) is 1. The Morgan fingerprint density at radius 3 is 2.13 bits per heavy atom. The highest BCUT2D eigenvalue weighted by molar-refractivity contribution is 9.10. The molecule has 0 saturated heterocycles. The van der Waals surface area contributed by atoms with Crippen LogP contribution in [-0.2, 0) is 32.6 Å². The van der Waals surface area contributed by atoms with E-state index in [2.05, 4.69) is 21.2 Å². The third-order valence-electron chi connectivity index (χ3n) is 6.94. The second kappa shape index (κ2) is 13.3. The van der Waals surface area contributed by atoms with Gasteiger partial charge in [-0.1, -0.05) is 95.5 Å². The summed E-state index contributed by atoms with van der Waals surface area (Å²) in [6, 6.07) is 25.1. The van der Waals surface area contributed by atoms with Crippen molar-refractivity contribution in [3.8, 4) is 0 Å². The van der Waals surface area contributed by atoms with Gasteiger partial charge in [-0.2, -0.15) is 0 Å². The number of carbonyl (C=O) groups is 2. The van der Waals surface area contributed by atoms with Gasteiger partial charge in [0, 0.05) is 23.5 Å². The maximum absolute atomic E-state index is 14.1. The van der Waals surface area contributed by atoms with Crippen molar-refractivity contribution in [2.45, 2.75) is 50.7 Å². The predicted molar refractivity (Wildman–Crippen MR) is 158 cm³/mol. The van der Waals surface area contributed by atoms with E-state index in [0.29, 0.717) is 16.6 Å². The van der Waals surface area contributed by atoms with Gasteiger partial charge in [0.05, 0.1) is 11.9 Å². The first kappa shape index (κ1) is 28.8. The maximum atomic E-state index is 14.1. The van der Waals surface area contributed by atoms with Crippen molar-refractivity contribution in [2.24, 2.45) is 0 Å². The number of hydrogen-bond acceptors (Lipinski definition) is 4. The molecule has 1 aliphatic rings. The highest BCUT2D eigenvalue weighted by Crippen LogP contribution is 2.24. The summed E-state index contributed by atoms with van der Waals surface area (Å²) in [4.78, 5) is 29.4. The number of carbonyl (C=O) groups excluding carboxylic acids is 2. The van der Waals surface area contributed by atoms with Crippen LogP contribution in [0.3, 0.4) is 0 Å². The molecule has 0 spiro atoms. The number of nitrogens with zero attached hydrogens (tertiary/aromatic N) is 2. The predicted octanol–water partition coefficient (Wildman–Crippen LogP) is 4.91. The van der Waals surface area contributed by atoms with E-state index in [0.717, 1.165) is 47.4 Å². The van der Waals surface area contributed by atoms with E-state index in [1.807, 2.05) is 60.7 Å². The molecule has 2 amide bonds. The molecule has 1 N–H and O–H groups in total. The Bertz CT molecular complexity index is 1360. The Kier molecular flexibility index (Phi) is 9.80. The van der Waals surface area contributed by atoms with E-state index < -0.39 is 28.5 Å². The number of sulfonamides is 1. The highest BCUT2D eigenvalue weighted by Gasteiger charge is 2.34. The lowest BCUT2D eigenvalue weighted by molar-refractivity contribution is -0.140. The molecule has 0 unspecified atom stereocenters. The van der Waals surface area contributed by atoms with E-state index in [9.17, 15) is 18.0 Å². The van der Waals surface area contributed by atoms with Crippen LogP contribution >= 0.6 is 15.9 Å². The molecule has 3 aromatic carbocycles. The minimum atomic E-state index is -3.80. The van der Waals surface area contributed by atoms with Crippen LogP contribution in [0, 0.1) is 0 Å². The van der Waals surface area contributed by atoms with Gasteiger partial charge in [0.25, 0.3) is 0 Å². The van der Waals surface area contributed by atoms with Crippen molar-refractivity contribution in [3.05, 3.63) is 101 Å². The lowest BCUT2D eigenvalue weighted by Crippen LogP contribution is -2.54. The molecule has 39 heavy (non-hydrogen) atoms. The van der Waals surface area contributed by atoms with Crippen LogP contribution in [0.15, 0.2) is 89.4 Å². The van der Waals surface area contributed by atoms with Crippen LogP contribution in [0.1, 0.15) is 36.8 Å². The largest absolute Gasteiger partial charge is 0.352 e. The maximum Gasteiger partial charge on any atom is 0.244 e. The second-order valence-electron chi connectivity index (χ2n) is 9.95. The molecule has 0 aromatic heterocycles. The zero-order valence-corrected chi connectivity index (χ0v) is 24.4. The van der Waals surface area contributed by atoms with Crippen LogP contribution in [0.2, 0.25) is 0 Å². The number of benzene rings is 3. The van der Waals surface area contributed by atoms with Crippen LogP contribution in [0.25, 0.3) is 0 Å². The minimum absolute atomic E-state index is 0.0821. The van der Waals surface area contributed by atoms with Gasteiger partial charge in [-0.3, -0.25) is 13.9 Å². The molecule has 9 heteroatoms. The molecule has 0 bridgehead atoms. The highest BCUT2D eigenvalue weighted by atomic mass is 79.9. The second-order valence-corrected chi connectivity index (χ2v) is 12.8. The standard InChI is InChI=1S/C30H34BrN3O4S/c1-39(37,38)34(27-18-10-15-25(31)20-27)22-29(35)33(21-24-13-6-3-7-14-24)28(19-23-11-4-2-5-12-23)30(36)32-26-16-8-9-17-26/h2-7,10-15,18,20,26,28H,8-9,16-17,19,21-22H2,1H3,(H,32,36)/t28-/m0/s1. The summed E-state index contributed by atoms with van der Waals surface area (Å²) >= 11 is 3.39.